The molecule has 0 radical (unpaired) electrons. The second-order valence-corrected chi connectivity index (χ2v) is 5.62. The summed E-state index contributed by atoms with van der Waals surface area (Å²) in [5.41, 5.74) is 6.21. The third kappa shape index (κ3) is 5.69. The molecule has 0 aliphatic carbocycles. The van der Waals surface area contributed by atoms with Crippen molar-refractivity contribution < 1.29 is 9.59 Å². The molecule has 2 heterocycles. The van der Waals surface area contributed by atoms with Gasteiger partial charge in [0.15, 0.2) is 5.13 Å². The Kier molecular flexibility index (Phi) is 9.54. The van der Waals surface area contributed by atoms with E-state index in [0.29, 0.717) is 5.13 Å². The number of amides is 2. The number of fused-ring (bicyclic) bond motifs is 1. The van der Waals surface area contributed by atoms with Gasteiger partial charge in [-0.25, -0.2) is 4.98 Å². The predicted molar refractivity (Wildman–Crippen MR) is 92.0 cm³/mol. The summed E-state index contributed by atoms with van der Waals surface area (Å²) in [6, 6.07) is 0. The minimum absolute atomic E-state index is 0. The molecule has 4 N–H and O–H groups in total. The highest BCUT2D eigenvalue weighted by Gasteiger charge is 2.20. The van der Waals surface area contributed by atoms with Gasteiger partial charge < -0.3 is 16.4 Å². The molecule has 0 spiro atoms. The Labute approximate surface area is 145 Å². The molecule has 0 saturated heterocycles. The lowest BCUT2D eigenvalue weighted by atomic mass is 10.2. The summed E-state index contributed by atoms with van der Waals surface area (Å²) in [5.74, 6) is -0.637. The van der Waals surface area contributed by atoms with Gasteiger partial charge in [0.2, 0.25) is 11.8 Å². The monoisotopic (exact) mass is 369 g/mol. The largest absolute Gasteiger partial charge is 0.346 e. The van der Waals surface area contributed by atoms with Crippen molar-refractivity contribution in [2.75, 3.05) is 31.5 Å². The Morgan fingerprint density at radius 2 is 2.09 bits per heavy atom. The molecule has 0 fully saturated rings. The van der Waals surface area contributed by atoms with E-state index in [0.717, 1.165) is 31.7 Å². The van der Waals surface area contributed by atoms with Gasteiger partial charge in [0, 0.05) is 24.4 Å². The molecule has 0 saturated carbocycles. The van der Waals surface area contributed by atoms with Crippen LogP contribution >= 0.6 is 36.2 Å². The Morgan fingerprint density at radius 1 is 1.36 bits per heavy atom. The minimum atomic E-state index is -0.350. The Hall–Kier alpha value is -0.930. The minimum Gasteiger partial charge on any atom is -0.346 e. The Bertz CT molecular complexity index is 512. The van der Waals surface area contributed by atoms with Crippen LogP contribution in [0.25, 0.3) is 0 Å². The van der Waals surface area contributed by atoms with E-state index in [1.165, 1.54) is 16.2 Å². The molecule has 0 atom stereocenters. The number of nitrogens with zero attached hydrogens (tertiary/aromatic N) is 2. The van der Waals surface area contributed by atoms with Crippen LogP contribution in [0.15, 0.2) is 0 Å². The normalized spacial score (nSPS) is 13.4. The van der Waals surface area contributed by atoms with Crippen molar-refractivity contribution in [1.82, 2.24) is 15.2 Å². The van der Waals surface area contributed by atoms with Gasteiger partial charge in [0.05, 0.1) is 18.8 Å². The maximum Gasteiger partial charge on any atom is 0.245 e. The molecule has 1 aliphatic heterocycles. The van der Waals surface area contributed by atoms with E-state index in [-0.39, 0.29) is 49.7 Å². The number of thiazole rings is 1. The average molecular weight is 370 g/mol. The van der Waals surface area contributed by atoms with Crippen molar-refractivity contribution in [3.05, 3.63) is 10.6 Å². The molecule has 1 aromatic heterocycles. The number of carbonyl (C=O) groups excluding carboxylic acids is 2. The van der Waals surface area contributed by atoms with E-state index in [1.54, 1.807) is 0 Å². The van der Waals surface area contributed by atoms with Crippen molar-refractivity contribution in [2.45, 2.75) is 19.9 Å². The van der Waals surface area contributed by atoms with Crippen LogP contribution in [-0.2, 0) is 22.6 Å². The standard InChI is InChI=1S/C12H19N5O2S.2ClH/c1-2-17-4-3-8-9(7-17)20-12(15-8)16-11(19)6-14-10(18)5-13;;/h2-7,13H2,1H3,(H,14,18)(H,15,16,19);2*1H. The van der Waals surface area contributed by atoms with Gasteiger partial charge in [-0.3, -0.25) is 14.5 Å². The average Bonchev–Trinajstić information content (AvgIpc) is 2.85. The van der Waals surface area contributed by atoms with Gasteiger partial charge in [0.25, 0.3) is 0 Å². The van der Waals surface area contributed by atoms with Gasteiger partial charge in [-0.1, -0.05) is 6.92 Å². The number of likely N-dealkylation sites (N-methyl/N-ethyl adjacent to an activating group) is 1. The zero-order valence-corrected chi connectivity index (χ0v) is 14.7. The highest BCUT2D eigenvalue weighted by Crippen LogP contribution is 2.27. The third-order valence-electron chi connectivity index (χ3n) is 3.14. The van der Waals surface area contributed by atoms with Gasteiger partial charge in [-0.15, -0.1) is 36.2 Å². The van der Waals surface area contributed by atoms with Crippen molar-refractivity contribution in [3.8, 4) is 0 Å². The summed E-state index contributed by atoms with van der Waals surface area (Å²) in [6.45, 7) is 4.85. The number of carbonyl (C=O) groups is 2. The van der Waals surface area contributed by atoms with Crippen LogP contribution in [-0.4, -0.2) is 47.9 Å². The fourth-order valence-electron chi connectivity index (χ4n) is 1.99. The number of hydrogen-bond acceptors (Lipinski definition) is 6. The van der Waals surface area contributed by atoms with Crippen LogP contribution in [0.2, 0.25) is 0 Å². The van der Waals surface area contributed by atoms with Gasteiger partial charge in [-0.05, 0) is 6.54 Å². The summed E-state index contributed by atoms with van der Waals surface area (Å²) in [5, 5.41) is 5.73. The number of anilines is 1. The first-order chi connectivity index (χ1) is 9.62. The maximum absolute atomic E-state index is 11.7. The van der Waals surface area contributed by atoms with Crippen molar-refractivity contribution in [1.29, 1.82) is 0 Å². The zero-order valence-electron chi connectivity index (χ0n) is 12.3. The van der Waals surface area contributed by atoms with Crippen LogP contribution < -0.4 is 16.4 Å². The summed E-state index contributed by atoms with van der Waals surface area (Å²) < 4.78 is 0. The lowest BCUT2D eigenvalue weighted by Gasteiger charge is -2.23. The Balaban J connectivity index is 0.00000220. The smallest absolute Gasteiger partial charge is 0.245 e. The van der Waals surface area contributed by atoms with Crippen molar-refractivity contribution in [2.24, 2.45) is 5.73 Å². The fourth-order valence-corrected chi connectivity index (χ4v) is 3.05. The second-order valence-electron chi connectivity index (χ2n) is 4.54. The first-order valence-corrected chi connectivity index (χ1v) is 7.41. The van der Waals surface area contributed by atoms with Crippen LogP contribution in [0.1, 0.15) is 17.5 Å². The maximum atomic E-state index is 11.7. The molecular weight excluding hydrogens is 349 g/mol. The number of nitrogens with two attached hydrogens (primary N) is 1. The molecule has 1 aliphatic rings. The van der Waals surface area contributed by atoms with Crippen molar-refractivity contribution >= 4 is 53.1 Å². The molecule has 126 valence electrons. The summed E-state index contributed by atoms with van der Waals surface area (Å²) in [7, 11) is 0. The number of rotatable bonds is 5. The predicted octanol–water partition coefficient (Wildman–Crippen LogP) is 0.378. The summed E-state index contributed by atoms with van der Waals surface area (Å²) >= 11 is 1.50. The zero-order chi connectivity index (χ0) is 14.5. The van der Waals surface area contributed by atoms with Crippen LogP contribution in [0, 0.1) is 0 Å². The lowest BCUT2D eigenvalue weighted by Crippen LogP contribution is -2.36. The second kappa shape index (κ2) is 9.96. The summed E-state index contributed by atoms with van der Waals surface area (Å²) in [4.78, 5) is 30.6. The number of nitrogens with one attached hydrogen (secondary N) is 2. The number of aromatic nitrogens is 1. The van der Waals surface area contributed by atoms with Gasteiger partial charge >= 0.3 is 0 Å². The molecule has 0 bridgehead atoms. The number of hydrogen-bond donors (Lipinski definition) is 3. The molecular formula is C12H21Cl2N5O2S. The van der Waals surface area contributed by atoms with Crippen molar-refractivity contribution in [3.63, 3.8) is 0 Å². The van der Waals surface area contributed by atoms with E-state index in [1.807, 2.05) is 0 Å². The molecule has 10 heteroatoms. The van der Waals surface area contributed by atoms with Crippen LogP contribution in [0.5, 0.6) is 0 Å². The third-order valence-corrected chi connectivity index (χ3v) is 4.13. The topological polar surface area (TPSA) is 100 Å². The van der Waals surface area contributed by atoms with E-state index >= 15 is 0 Å². The first kappa shape index (κ1) is 21.1. The Morgan fingerprint density at radius 3 is 2.73 bits per heavy atom. The highest BCUT2D eigenvalue weighted by atomic mass is 35.5. The quantitative estimate of drug-likeness (QED) is 0.696. The van der Waals surface area contributed by atoms with Crippen LogP contribution in [0.4, 0.5) is 5.13 Å². The van der Waals surface area contributed by atoms with Crippen LogP contribution in [0.3, 0.4) is 0 Å². The molecule has 7 nitrogen and oxygen atoms in total. The molecule has 2 amide bonds. The highest BCUT2D eigenvalue weighted by molar-refractivity contribution is 7.15. The number of halogens is 2. The molecule has 1 aromatic rings. The van der Waals surface area contributed by atoms with E-state index < -0.39 is 0 Å². The fraction of sp³-hybridized carbons (Fsp3) is 0.583. The molecule has 0 unspecified atom stereocenters. The van der Waals surface area contributed by atoms with Gasteiger partial charge in [-0.2, -0.15) is 0 Å². The van der Waals surface area contributed by atoms with E-state index in [9.17, 15) is 9.59 Å². The van der Waals surface area contributed by atoms with E-state index in [2.05, 4.69) is 27.4 Å². The lowest BCUT2D eigenvalue weighted by molar-refractivity contribution is -0.123. The van der Waals surface area contributed by atoms with Gasteiger partial charge in [0.1, 0.15) is 0 Å². The first-order valence-electron chi connectivity index (χ1n) is 6.60. The summed E-state index contributed by atoms with van der Waals surface area (Å²) in [6.07, 6.45) is 0.916. The molecule has 0 aromatic carbocycles. The molecule has 22 heavy (non-hydrogen) atoms. The van der Waals surface area contributed by atoms with E-state index in [4.69, 9.17) is 5.73 Å². The molecule has 2 rings (SSSR count). The SMILES string of the molecule is CCN1CCc2nc(NC(=O)CNC(=O)CN)sc2C1.Cl.Cl.